The van der Waals surface area contributed by atoms with E-state index in [0.29, 0.717) is 6.61 Å². The summed E-state index contributed by atoms with van der Waals surface area (Å²) >= 11 is 0. The predicted molar refractivity (Wildman–Crippen MR) is 87.2 cm³/mol. The van der Waals surface area contributed by atoms with Crippen molar-refractivity contribution in [1.29, 1.82) is 0 Å². The number of anilines is 2. The van der Waals surface area contributed by atoms with E-state index in [9.17, 15) is 4.79 Å². The quantitative estimate of drug-likeness (QED) is 0.479. The average Bonchev–Trinajstić information content (AvgIpc) is 2.96. The van der Waals surface area contributed by atoms with Gasteiger partial charge < -0.3 is 4.74 Å². The van der Waals surface area contributed by atoms with Crippen LogP contribution in [0.3, 0.4) is 0 Å². The Morgan fingerprint density at radius 1 is 1.29 bits per heavy atom. The van der Waals surface area contributed by atoms with E-state index in [0.717, 1.165) is 15.6 Å². The Bertz CT molecular complexity index is 660. The van der Waals surface area contributed by atoms with Crippen molar-refractivity contribution in [2.24, 2.45) is 0 Å². The highest BCUT2D eigenvalue weighted by molar-refractivity contribution is 7.69. The number of rotatable bonds is 5. The first kappa shape index (κ1) is 15.7. The topological polar surface area (TPSA) is 45.4 Å². The van der Waals surface area contributed by atoms with Gasteiger partial charge in [-0.1, -0.05) is 18.2 Å². The Morgan fingerprint density at radius 2 is 2.00 bits per heavy atom. The van der Waals surface area contributed by atoms with E-state index in [1.807, 2.05) is 53.9 Å². The summed E-state index contributed by atoms with van der Waals surface area (Å²) in [5, 5.41) is 0.794. The third-order valence-corrected chi connectivity index (χ3v) is 4.95. The smallest absolute Gasteiger partial charge is 0.390 e. The van der Waals surface area contributed by atoms with Crippen LogP contribution < -0.4 is 14.3 Å². The monoisotopic (exact) mass is 324 g/mol. The Hall–Kier alpha value is -1.73. The van der Waals surface area contributed by atoms with Crippen LogP contribution >= 0.6 is 20.7 Å². The van der Waals surface area contributed by atoms with Gasteiger partial charge in [-0.3, -0.25) is 14.3 Å². The molecular formula is C14H18N3O2S2+. The number of esters is 1. The molecule has 1 aromatic heterocycles. The lowest BCUT2D eigenvalue weighted by Crippen LogP contribution is -2.28. The van der Waals surface area contributed by atoms with Gasteiger partial charge >= 0.3 is 15.9 Å². The molecule has 0 atom stereocenters. The van der Waals surface area contributed by atoms with Gasteiger partial charge in [-0.2, -0.15) is 0 Å². The minimum atomic E-state index is -0.257. The summed E-state index contributed by atoms with van der Waals surface area (Å²) < 4.78 is 7.02. The highest BCUT2D eigenvalue weighted by Crippen LogP contribution is 2.27. The molecule has 0 saturated carbocycles. The number of carbonyl (C=O) groups excluding carboxylic acids is 1. The van der Waals surface area contributed by atoms with Crippen molar-refractivity contribution in [3.8, 4) is 0 Å². The summed E-state index contributed by atoms with van der Waals surface area (Å²) in [6.07, 6.45) is 0. The number of ether oxygens (including phenoxy) is 1. The molecule has 0 N–H and O–H groups in total. The van der Waals surface area contributed by atoms with Crippen LogP contribution in [-0.2, 0) is 9.53 Å². The summed E-state index contributed by atoms with van der Waals surface area (Å²) in [5.74, 6) is -0.257. The number of hydrogen-bond donors (Lipinski definition) is 0. The number of hydrogen-bond acceptors (Lipinski definition) is 6. The molecule has 0 radical (unpaired) electrons. The minimum Gasteiger partial charge on any atom is -0.465 e. The molecule has 2 rings (SSSR count). The van der Waals surface area contributed by atoms with Gasteiger partial charge in [-0.05, 0) is 29.4 Å². The molecule has 21 heavy (non-hydrogen) atoms. The van der Waals surface area contributed by atoms with Gasteiger partial charge in [0.25, 0.3) is 0 Å². The first-order valence-corrected chi connectivity index (χ1v) is 8.72. The SMILES string of the molecule is CCOC(=O)CN(c1ccccc1)c1nc(=[N+](C)C)ss1. The lowest BCUT2D eigenvalue weighted by Gasteiger charge is -2.17. The van der Waals surface area contributed by atoms with E-state index in [-0.39, 0.29) is 12.5 Å². The fourth-order valence-corrected chi connectivity index (χ4v) is 3.94. The molecule has 0 spiro atoms. The second kappa shape index (κ2) is 7.33. The summed E-state index contributed by atoms with van der Waals surface area (Å²) in [5.41, 5.74) is 0.928. The van der Waals surface area contributed by atoms with Crippen LogP contribution in [-0.4, -0.2) is 38.2 Å². The van der Waals surface area contributed by atoms with Crippen LogP contribution in [0.15, 0.2) is 30.3 Å². The van der Waals surface area contributed by atoms with Gasteiger partial charge in [0.05, 0.1) is 20.7 Å². The highest BCUT2D eigenvalue weighted by Gasteiger charge is 2.22. The molecule has 0 aliphatic heterocycles. The van der Waals surface area contributed by atoms with E-state index < -0.39 is 0 Å². The molecule has 0 bridgehead atoms. The van der Waals surface area contributed by atoms with Crippen LogP contribution in [0, 0.1) is 0 Å². The lowest BCUT2D eigenvalue weighted by atomic mass is 10.3. The summed E-state index contributed by atoms with van der Waals surface area (Å²) in [7, 11) is 7.04. The number of benzene rings is 1. The van der Waals surface area contributed by atoms with Crippen molar-refractivity contribution in [1.82, 2.24) is 9.56 Å². The van der Waals surface area contributed by atoms with Crippen molar-refractivity contribution < 1.29 is 9.53 Å². The van der Waals surface area contributed by atoms with Crippen LogP contribution in [0.4, 0.5) is 10.8 Å². The van der Waals surface area contributed by atoms with Gasteiger partial charge in [0.1, 0.15) is 6.54 Å². The molecule has 0 aliphatic carbocycles. The van der Waals surface area contributed by atoms with Gasteiger partial charge in [-0.25, -0.2) is 0 Å². The number of nitrogens with zero attached hydrogens (tertiary/aromatic N) is 3. The van der Waals surface area contributed by atoms with Crippen LogP contribution in [0.1, 0.15) is 6.92 Å². The number of aromatic nitrogens is 1. The lowest BCUT2D eigenvalue weighted by molar-refractivity contribution is -0.141. The maximum absolute atomic E-state index is 11.8. The van der Waals surface area contributed by atoms with Gasteiger partial charge in [0.15, 0.2) is 0 Å². The maximum atomic E-state index is 11.8. The maximum Gasteiger partial charge on any atom is 0.390 e. The second-order valence-electron chi connectivity index (χ2n) is 4.46. The van der Waals surface area contributed by atoms with Crippen LogP contribution in [0.25, 0.3) is 0 Å². The first-order chi connectivity index (χ1) is 10.1. The zero-order valence-corrected chi connectivity index (χ0v) is 13.9. The van der Waals surface area contributed by atoms with E-state index >= 15 is 0 Å². The normalized spacial score (nSPS) is 10.2. The van der Waals surface area contributed by atoms with Crippen molar-refractivity contribution >= 4 is 37.5 Å². The fourth-order valence-electron chi connectivity index (χ4n) is 1.69. The minimum absolute atomic E-state index is 0.158. The Labute approximate surface area is 131 Å². The third kappa shape index (κ3) is 4.12. The Kier molecular flexibility index (Phi) is 5.46. The van der Waals surface area contributed by atoms with Gasteiger partial charge in [-0.15, -0.1) is 0 Å². The largest absolute Gasteiger partial charge is 0.465 e. The zero-order chi connectivity index (χ0) is 15.2. The zero-order valence-electron chi connectivity index (χ0n) is 12.3. The molecule has 0 saturated heterocycles. The van der Waals surface area contributed by atoms with Crippen molar-refractivity contribution in [2.45, 2.75) is 6.92 Å². The Morgan fingerprint density at radius 3 is 2.57 bits per heavy atom. The molecule has 5 nitrogen and oxygen atoms in total. The van der Waals surface area contributed by atoms with Crippen molar-refractivity contribution in [2.75, 3.05) is 32.1 Å². The molecule has 112 valence electrons. The highest BCUT2D eigenvalue weighted by atomic mass is 32.9. The van der Waals surface area contributed by atoms with E-state index in [2.05, 4.69) is 4.98 Å². The molecule has 1 heterocycles. The first-order valence-electron chi connectivity index (χ1n) is 6.57. The summed E-state index contributed by atoms with van der Waals surface area (Å²) in [4.78, 5) is 19.2. The van der Waals surface area contributed by atoms with Gasteiger partial charge in [0.2, 0.25) is 0 Å². The summed E-state index contributed by atoms with van der Waals surface area (Å²) in [6.45, 7) is 2.34. The molecule has 0 amide bonds. The van der Waals surface area contributed by atoms with E-state index in [4.69, 9.17) is 4.74 Å². The van der Waals surface area contributed by atoms with Gasteiger partial charge in [0, 0.05) is 21.0 Å². The number of para-hydroxylation sites is 1. The second-order valence-corrected chi connectivity index (χ2v) is 6.53. The molecule has 7 heteroatoms. The standard InChI is InChI=1S/C14H18N3O2S2/c1-4-19-12(18)10-17(11-8-6-5-7-9-11)14-15-13(16(2)3)20-21-14/h5-9H,4,10H2,1-3H3/q+1. The molecular weight excluding hydrogens is 306 g/mol. The predicted octanol–water partition coefficient (Wildman–Crippen LogP) is 1.94. The van der Waals surface area contributed by atoms with Crippen molar-refractivity contribution in [3.63, 3.8) is 0 Å². The van der Waals surface area contributed by atoms with Crippen LogP contribution in [0.5, 0.6) is 0 Å². The van der Waals surface area contributed by atoms with Crippen LogP contribution in [0.2, 0.25) is 0 Å². The van der Waals surface area contributed by atoms with E-state index in [1.165, 1.54) is 0 Å². The van der Waals surface area contributed by atoms with E-state index in [1.54, 1.807) is 27.6 Å². The molecule has 1 aromatic carbocycles. The molecule has 0 aliphatic rings. The third-order valence-electron chi connectivity index (χ3n) is 2.66. The average molecular weight is 324 g/mol. The Balaban J connectivity index is 2.35. The molecule has 0 unspecified atom stereocenters. The fraction of sp³-hybridized carbons (Fsp3) is 0.357. The molecule has 2 aromatic rings. The van der Waals surface area contributed by atoms with Crippen molar-refractivity contribution in [3.05, 3.63) is 35.1 Å². The summed E-state index contributed by atoms with van der Waals surface area (Å²) in [6, 6.07) is 9.75. The molecule has 0 fully saturated rings. The number of carbonyl (C=O) groups is 1.